The first-order valence-electron chi connectivity index (χ1n) is 6.79. The quantitative estimate of drug-likeness (QED) is 0.654. The summed E-state index contributed by atoms with van der Waals surface area (Å²) in [7, 11) is -0.508. The first kappa shape index (κ1) is 16.9. The largest absolute Gasteiger partial charge is 0.491 e. The SMILES string of the molecule is CC1(C)OB(C(=Cc2cccc(F)c2Cl)CS)OC1(C)C. The van der Waals surface area contributed by atoms with E-state index in [-0.39, 0.29) is 5.02 Å². The van der Waals surface area contributed by atoms with Crippen molar-refractivity contribution < 1.29 is 13.7 Å². The van der Waals surface area contributed by atoms with Crippen LogP contribution < -0.4 is 0 Å². The van der Waals surface area contributed by atoms with Crippen molar-refractivity contribution in [1.82, 2.24) is 0 Å². The summed E-state index contributed by atoms with van der Waals surface area (Å²) < 4.78 is 25.5. The molecule has 1 heterocycles. The van der Waals surface area contributed by atoms with E-state index in [2.05, 4.69) is 12.6 Å². The van der Waals surface area contributed by atoms with Gasteiger partial charge in [-0.2, -0.15) is 12.6 Å². The Bertz CT molecular complexity index is 559. The van der Waals surface area contributed by atoms with Crippen molar-refractivity contribution in [3.63, 3.8) is 0 Å². The van der Waals surface area contributed by atoms with E-state index in [9.17, 15) is 4.39 Å². The Labute approximate surface area is 136 Å². The average molecular weight is 329 g/mol. The molecule has 0 unspecified atom stereocenters. The molecule has 2 nitrogen and oxygen atoms in total. The van der Waals surface area contributed by atoms with E-state index >= 15 is 0 Å². The molecular weight excluding hydrogens is 309 g/mol. The number of hydrogen-bond donors (Lipinski definition) is 1. The lowest BCUT2D eigenvalue weighted by Gasteiger charge is -2.32. The van der Waals surface area contributed by atoms with Crippen LogP contribution in [0.4, 0.5) is 4.39 Å². The second-order valence-corrected chi connectivity index (χ2v) is 6.80. The third kappa shape index (κ3) is 3.31. The van der Waals surface area contributed by atoms with Gasteiger partial charge < -0.3 is 9.31 Å². The zero-order valence-corrected chi connectivity index (χ0v) is 14.3. The van der Waals surface area contributed by atoms with Crippen molar-refractivity contribution in [3.05, 3.63) is 40.1 Å². The predicted octanol–water partition coefficient (Wildman–Crippen LogP) is 4.42. The lowest BCUT2D eigenvalue weighted by atomic mass is 9.78. The molecule has 21 heavy (non-hydrogen) atoms. The third-order valence-electron chi connectivity index (χ3n) is 4.06. The fourth-order valence-corrected chi connectivity index (χ4v) is 2.44. The van der Waals surface area contributed by atoms with E-state index in [0.717, 1.165) is 5.47 Å². The Morgan fingerprint density at radius 2 is 1.86 bits per heavy atom. The summed E-state index contributed by atoms with van der Waals surface area (Å²) in [6.45, 7) is 7.94. The minimum Gasteiger partial charge on any atom is -0.400 e. The van der Waals surface area contributed by atoms with Crippen molar-refractivity contribution in [2.75, 3.05) is 5.75 Å². The lowest BCUT2D eigenvalue weighted by molar-refractivity contribution is 0.00578. The van der Waals surface area contributed by atoms with Gasteiger partial charge in [0, 0.05) is 5.75 Å². The van der Waals surface area contributed by atoms with Crippen LogP contribution in [0.3, 0.4) is 0 Å². The molecule has 1 aromatic carbocycles. The van der Waals surface area contributed by atoms with Gasteiger partial charge in [-0.25, -0.2) is 4.39 Å². The zero-order chi connectivity index (χ0) is 15.8. The Morgan fingerprint density at radius 1 is 1.29 bits per heavy atom. The van der Waals surface area contributed by atoms with Crippen molar-refractivity contribution in [2.45, 2.75) is 38.9 Å². The minimum absolute atomic E-state index is 0.0910. The summed E-state index contributed by atoms with van der Waals surface area (Å²) in [5.74, 6) is -0.0122. The molecule has 1 fully saturated rings. The Balaban J connectivity index is 2.33. The molecule has 0 spiro atoms. The summed E-state index contributed by atoms with van der Waals surface area (Å²) >= 11 is 10.3. The van der Waals surface area contributed by atoms with Crippen LogP contribution in [0.15, 0.2) is 23.7 Å². The molecule has 0 amide bonds. The lowest BCUT2D eigenvalue weighted by Crippen LogP contribution is -2.41. The summed E-state index contributed by atoms with van der Waals surface area (Å²) in [4.78, 5) is 0. The van der Waals surface area contributed by atoms with Crippen LogP contribution in [0, 0.1) is 5.82 Å². The van der Waals surface area contributed by atoms with Crippen LogP contribution in [0.2, 0.25) is 5.02 Å². The zero-order valence-electron chi connectivity index (χ0n) is 12.6. The maximum Gasteiger partial charge on any atom is 0.491 e. The molecule has 2 rings (SSSR count). The van der Waals surface area contributed by atoms with Gasteiger partial charge >= 0.3 is 7.12 Å². The summed E-state index contributed by atoms with van der Waals surface area (Å²) in [6.07, 6.45) is 1.78. The number of halogens is 2. The molecule has 1 aliphatic rings. The molecule has 1 aliphatic heterocycles. The van der Waals surface area contributed by atoms with E-state index < -0.39 is 24.1 Å². The molecule has 0 aliphatic carbocycles. The third-order valence-corrected chi connectivity index (χ3v) is 4.82. The molecule has 1 saturated heterocycles. The monoisotopic (exact) mass is 328 g/mol. The van der Waals surface area contributed by atoms with Gasteiger partial charge in [0.25, 0.3) is 0 Å². The van der Waals surface area contributed by atoms with E-state index in [1.165, 1.54) is 6.07 Å². The first-order valence-corrected chi connectivity index (χ1v) is 7.80. The van der Waals surface area contributed by atoms with Gasteiger partial charge in [-0.15, -0.1) is 0 Å². The number of benzene rings is 1. The van der Waals surface area contributed by atoms with Crippen molar-refractivity contribution in [2.24, 2.45) is 0 Å². The maximum absolute atomic E-state index is 13.5. The van der Waals surface area contributed by atoms with Crippen molar-refractivity contribution in [3.8, 4) is 0 Å². The average Bonchev–Trinajstić information content (AvgIpc) is 2.60. The molecule has 1 aromatic rings. The van der Waals surface area contributed by atoms with E-state index in [1.54, 1.807) is 18.2 Å². The van der Waals surface area contributed by atoms with Gasteiger partial charge in [0.15, 0.2) is 0 Å². The number of thiol groups is 1. The molecule has 0 atom stereocenters. The number of hydrogen-bond acceptors (Lipinski definition) is 3. The molecular formula is C15H19BClFO2S. The number of rotatable bonds is 3. The Hall–Kier alpha value is -0.485. The highest BCUT2D eigenvalue weighted by Crippen LogP contribution is 2.39. The normalized spacial score (nSPS) is 20.9. The van der Waals surface area contributed by atoms with Crippen LogP contribution in [-0.2, 0) is 9.31 Å². The van der Waals surface area contributed by atoms with Gasteiger partial charge in [0.2, 0.25) is 0 Å². The molecule has 0 N–H and O–H groups in total. The first-order chi connectivity index (χ1) is 9.68. The Kier molecular flexibility index (Phi) is 4.79. The highest BCUT2D eigenvalue weighted by Gasteiger charge is 2.52. The van der Waals surface area contributed by atoms with Crippen molar-refractivity contribution >= 4 is 37.4 Å². The fourth-order valence-electron chi connectivity index (χ4n) is 2.01. The van der Waals surface area contributed by atoms with Gasteiger partial charge in [-0.05, 0) is 44.8 Å². The summed E-state index contributed by atoms with van der Waals surface area (Å²) in [5.41, 5.74) is 0.552. The van der Waals surface area contributed by atoms with Crippen molar-refractivity contribution in [1.29, 1.82) is 0 Å². The topological polar surface area (TPSA) is 18.5 Å². The van der Waals surface area contributed by atoms with Crippen LogP contribution in [0.1, 0.15) is 33.3 Å². The van der Waals surface area contributed by atoms with E-state index in [1.807, 2.05) is 27.7 Å². The standard InChI is InChI=1S/C15H19BClFO2S/c1-14(2)15(3,4)20-16(19-14)11(9-21)8-10-6-5-7-12(18)13(10)17/h5-8,21H,9H2,1-4H3. The summed E-state index contributed by atoms with van der Waals surface area (Å²) in [5, 5.41) is 0.0910. The molecule has 6 heteroatoms. The van der Waals surface area contributed by atoms with Crippen LogP contribution in [0.25, 0.3) is 6.08 Å². The van der Waals surface area contributed by atoms with Crippen LogP contribution in [-0.4, -0.2) is 24.1 Å². The fraction of sp³-hybridized carbons (Fsp3) is 0.467. The summed E-state index contributed by atoms with van der Waals surface area (Å²) in [6, 6.07) is 4.70. The second kappa shape index (κ2) is 5.96. The second-order valence-electron chi connectivity index (χ2n) is 6.11. The van der Waals surface area contributed by atoms with Gasteiger partial charge in [0.05, 0.1) is 16.2 Å². The molecule has 0 saturated carbocycles. The van der Waals surface area contributed by atoms with Gasteiger partial charge in [-0.1, -0.05) is 29.8 Å². The molecule has 0 bridgehead atoms. The maximum atomic E-state index is 13.5. The van der Waals surface area contributed by atoms with E-state index in [0.29, 0.717) is 11.3 Å². The minimum atomic E-state index is -0.508. The predicted molar refractivity (Wildman–Crippen MR) is 89.3 cm³/mol. The Morgan fingerprint density at radius 3 is 2.38 bits per heavy atom. The van der Waals surface area contributed by atoms with Gasteiger partial charge in [0.1, 0.15) is 5.82 Å². The van der Waals surface area contributed by atoms with Gasteiger partial charge in [-0.3, -0.25) is 0 Å². The molecule has 0 aromatic heterocycles. The molecule has 0 radical (unpaired) electrons. The van der Waals surface area contributed by atoms with Crippen LogP contribution >= 0.6 is 24.2 Å². The highest BCUT2D eigenvalue weighted by molar-refractivity contribution is 7.80. The van der Waals surface area contributed by atoms with E-state index in [4.69, 9.17) is 20.9 Å². The van der Waals surface area contributed by atoms with Crippen LogP contribution in [0.5, 0.6) is 0 Å². The highest BCUT2D eigenvalue weighted by atomic mass is 35.5. The smallest absolute Gasteiger partial charge is 0.400 e. The molecule has 114 valence electrons.